The molecule has 0 bridgehead atoms. The van der Waals surface area contributed by atoms with Crippen LogP contribution in [0.25, 0.3) is 0 Å². The number of benzene rings is 2. The molecule has 2 aromatic rings. The van der Waals surface area contributed by atoms with Gasteiger partial charge in [-0.15, -0.1) is 0 Å². The van der Waals surface area contributed by atoms with Crippen molar-refractivity contribution < 1.29 is 27.5 Å². The minimum Gasteiger partial charge on any atom is -0.454 e. The number of carbonyl (C=O) groups excluding carboxylic acids is 2. The van der Waals surface area contributed by atoms with E-state index in [4.69, 9.17) is 21.1 Å². The lowest BCUT2D eigenvalue weighted by Gasteiger charge is -2.32. The second kappa shape index (κ2) is 12.9. The number of sulfonamides is 1. The molecular weight excluding hydrogens is 542 g/mol. The Hall–Kier alpha value is -2.98. The van der Waals surface area contributed by atoms with E-state index in [2.05, 4.69) is 5.32 Å². The van der Waals surface area contributed by atoms with Crippen LogP contribution < -0.4 is 19.1 Å². The highest BCUT2D eigenvalue weighted by atomic mass is 35.5. The molecule has 2 aromatic carbocycles. The Balaban J connectivity index is 1.49. The summed E-state index contributed by atoms with van der Waals surface area (Å²) in [5, 5.41) is 3.65. The maximum Gasteiger partial charge on any atom is 0.243 e. The molecule has 9 nitrogen and oxygen atoms in total. The van der Waals surface area contributed by atoms with Gasteiger partial charge in [-0.2, -0.15) is 0 Å². The number of nitrogens with one attached hydrogen (secondary N) is 1. The number of carbonyl (C=O) groups is 2. The molecule has 0 unspecified atom stereocenters. The molecule has 1 heterocycles. The molecule has 2 amide bonds. The quantitative estimate of drug-likeness (QED) is 0.399. The summed E-state index contributed by atoms with van der Waals surface area (Å²) in [6, 6.07) is 11.7. The first-order valence-corrected chi connectivity index (χ1v) is 15.6. The highest BCUT2D eigenvalue weighted by molar-refractivity contribution is 7.92. The molecule has 11 heteroatoms. The van der Waals surface area contributed by atoms with Gasteiger partial charge in [-0.1, -0.05) is 49.6 Å². The normalized spacial score (nSPS) is 15.7. The van der Waals surface area contributed by atoms with E-state index in [9.17, 15) is 18.0 Å². The lowest BCUT2D eigenvalue weighted by molar-refractivity contribution is -0.141. The third-order valence-corrected chi connectivity index (χ3v) is 8.75. The summed E-state index contributed by atoms with van der Waals surface area (Å²) < 4.78 is 37.2. The summed E-state index contributed by atoms with van der Waals surface area (Å²) >= 11 is 6.41. The molecule has 4 rings (SSSR count). The topological polar surface area (TPSA) is 105 Å². The Bertz CT molecular complexity index is 1280. The number of nitrogens with zero attached hydrogens (tertiary/aromatic N) is 2. The zero-order valence-electron chi connectivity index (χ0n) is 22.4. The number of rotatable bonds is 12. The third kappa shape index (κ3) is 7.36. The maximum absolute atomic E-state index is 13.6. The van der Waals surface area contributed by atoms with Crippen LogP contribution in [0.1, 0.15) is 57.4 Å². The number of ether oxygens (including phenoxy) is 2. The van der Waals surface area contributed by atoms with Crippen LogP contribution in [0.2, 0.25) is 5.02 Å². The van der Waals surface area contributed by atoms with Gasteiger partial charge in [-0.25, -0.2) is 8.42 Å². The minimum absolute atomic E-state index is 0.0637. The monoisotopic (exact) mass is 577 g/mol. The first-order chi connectivity index (χ1) is 18.7. The van der Waals surface area contributed by atoms with E-state index in [-0.39, 0.29) is 50.6 Å². The van der Waals surface area contributed by atoms with Gasteiger partial charge in [-0.05, 0) is 49.4 Å². The fraction of sp³-hybridized carbons (Fsp3) is 0.500. The third-order valence-electron chi connectivity index (χ3n) is 7.18. The van der Waals surface area contributed by atoms with Gasteiger partial charge in [0.15, 0.2) is 11.5 Å². The SMILES string of the molecule is CC[C@H](C(=O)NC1CCCC1)N(Cc1ccccc1Cl)C(=O)CCCN(c1ccc2c(c1)OCO2)S(C)(=O)=O. The fourth-order valence-electron chi connectivity index (χ4n) is 5.14. The molecule has 1 aliphatic carbocycles. The lowest BCUT2D eigenvalue weighted by atomic mass is 10.1. The highest BCUT2D eigenvalue weighted by Crippen LogP contribution is 2.36. The second-order valence-electron chi connectivity index (χ2n) is 10.0. The Kier molecular flexibility index (Phi) is 9.61. The molecule has 1 aliphatic heterocycles. The molecule has 39 heavy (non-hydrogen) atoms. The van der Waals surface area contributed by atoms with E-state index < -0.39 is 16.1 Å². The molecule has 1 atom stereocenters. The molecule has 0 spiro atoms. The van der Waals surface area contributed by atoms with E-state index in [0.717, 1.165) is 37.5 Å². The van der Waals surface area contributed by atoms with Crippen molar-refractivity contribution in [2.75, 3.05) is 23.9 Å². The van der Waals surface area contributed by atoms with Crippen LogP contribution in [0.15, 0.2) is 42.5 Å². The van der Waals surface area contributed by atoms with Crippen LogP contribution in [-0.4, -0.2) is 56.8 Å². The average molecular weight is 578 g/mol. The minimum atomic E-state index is -3.63. The summed E-state index contributed by atoms with van der Waals surface area (Å²) in [7, 11) is -3.63. The van der Waals surface area contributed by atoms with Gasteiger partial charge in [0.25, 0.3) is 0 Å². The molecular formula is C28H36ClN3O6S. The van der Waals surface area contributed by atoms with E-state index >= 15 is 0 Å². The zero-order valence-corrected chi connectivity index (χ0v) is 24.0. The number of halogens is 1. The van der Waals surface area contributed by atoms with E-state index in [0.29, 0.717) is 28.6 Å². The Morgan fingerprint density at radius 1 is 1.10 bits per heavy atom. The average Bonchev–Trinajstić information content (AvgIpc) is 3.58. The van der Waals surface area contributed by atoms with Crippen LogP contribution in [0.5, 0.6) is 11.5 Å². The van der Waals surface area contributed by atoms with E-state index in [1.54, 1.807) is 29.2 Å². The van der Waals surface area contributed by atoms with Crippen molar-refractivity contribution in [2.45, 2.75) is 70.5 Å². The van der Waals surface area contributed by atoms with Gasteiger partial charge < -0.3 is 19.7 Å². The smallest absolute Gasteiger partial charge is 0.243 e. The number of hydrogen-bond acceptors (Lipinski definition) is 6. The number of anilines is 1. The Labute approximate surface area is 235 Å². The van der Waals surface area contributed by atoms with Gasteiger partial charge >= 0.3 is 0 Å². The molecule has 0 radical (unpaired) electrons. The van der Waals surface area contributed by atoms with E-state index in [1.165, 1.54) is 4.31 Å². The molecule has 1 N–H and O–H groups in total. The lowest BCUT2D eigenvalue weighted by Crippen LogP contribution is -2.51. The van der Waals surface area contributed by atoms with Gasteiger partial charge in [0.1, 0.15) is 6.04 Å². The van der Waals surface area contributed by atoms with Crippen molar-refractivity contribution in [1.29, 1.82) is 0 Å². The van der Waals surface area contributed by atoms with Crippen LogP contribution in [-0.2, 0) is 26.2 Å². The molecule has 2 aliphatic rings. The maximum atomic E-state index is 13.6. The largest absolute Gasteiger partial charge is 0.454 e. The van der Waals surface area contributed by atoms with Gasteiger partial charge in [-0.3, -0.25) is 13.9 Å². The summed E-state index contributed by atoms with van der Waals surface area (Å²) in [5.41, 5.74) is 1.18. The van der Waals surface area contributed by atoms with Crippen LogP contribution >= 0.6 is 11.6 Å². The second-order valence-corrected chi connectivity index (χ2v) is 12.3. The van der Waals surface area contributed by atoms with Crippen LogP contribution in [0.3, 0.4) is 0 Å². The highest BCUT2D eigenvalue weighted by Gasteiger charge is 2.31. The number of fused-ring (bicyclic) bond motifs is 1. The van der Waals surface area contributed by atoms with Crippen molar-refractivity contribution in [2.24, 2.45) is 0 Å². The first kappa shape index (κ1) is 29.0. The standard InChI is InChI=1S/C28H36ClN3O6S/c1-3-24(28(34)30-21-10-5-6-11-21)31(18-20-9-4-7-12-23(20)29)27(33)13-8-16-32(39(2,35)36)22-14-15-25-26(17-22)38-19-37-25/h4,7,9,12,14-15,17,21,24H,3,5-6,8,10-11,13,16,18-19H2,1-2H3,(H,30,34)/t24-/m1/s1. The summed E-state index contributed by atoms with van der Waals surface area (Å²) in [4.78, 5) is 28.5. The molecule has 212 valence electrons. The first-order valence-electron chi connectivity index (χ1n) is 13.4. The zero-order chi connectivity index (χ0) is 28.0. The number of amides is 2. The molecule has 1 saturated carbocycles. The fourth-order valence-corrected chi connectivity index (χ4v) is 6.29. The van der Waals surface area contributed by atoms with Gasteiger partial charge in [0, 0.05) is 36.6 Å². The molecule has 0 aromatic heterocycles. The summed E-state index contributed by atoms with van der Waals surface area (Å²) in [5.74, 6) is 0.631. The molecule has 0 saturated heterocycles. The predicted octanol–water partition coefficient (Wildman–Crippen LogP) is 4.48. The molecule has 1 fully saturated rings. The summed E-state index contributed by atoms with van der Waals surface area (Å²) in [6.07, 6.45) is 5.97. The van der Waals surface area contributed by atoms with Crippen molar-refractivity contribution in [1.82, 2.24) is 10.2 Å². The van der Waals surface area contributed by atoms with Crippen molar-refractivity contribution >= 4 is 39.1 Å². The van der Waals surface area contributed by atoms with Crippen molar-refractivity contribution in [3.8, 4) is 11.5 Å². The Morgan fingerprint density at radius 2 is 1.82 bits per heavy atom. The summed E-state index contributed by atoms with van der Waals surface area (Å²) in [6.45, 7) is 2.25. The van der Waals surface area contributed by atoms with E-state index in [1.807, 2.05) is 25.1 Å². The number of hydrogen-bond donors (Lipinski definition) is 1. The predicted molar refractivity (Wildman–Crippen MR) is 150 cm³/mol. The van der Waals surface area contributed by atoms with Gasteiger partial charge in [0.05, 0.1) is 11.9 Å². The van der Waals surface area contributed by atoms with Crippen LogP contribution in [0, 0.1) is 0 Å². The van der Waals surface area contributed by atoms with Crippen molar-refractivity contribution in [3.63, 3.8) is 0 Å². The van der Waals surface area contributed by atoms with Crippen molar-refractivity contribution in [3.05, 3.63) is 53.1 Å². The van der Waals surface area contributed by atoms with Crippen LogP contribution in [0.4, 0.5) is 5.69 Å². The Morgan fingerprint density at radius 3 is 2.51 bits per heavy atom. The van der Waals surface area contributed by atoms with Gasteiger partial charge in [0.2, 0.25) is 28.6 Å².